The summed E-state index contributed by atoms with van der Waals surface area (Å²) in [6, 6.07) is 9.86. The van der Waals surface area contributed by atoms with E-state index in [-0.39, 0.29) is 6.61 Å². The predicted octanol–water partition coefficient (Wildman–Crippen LogP) is 1.42. The lowest BCUT2D eigenvalue weighted by Crippen LogP contribution is -1.76. The average molecular weight is 106 g/mol. The Kier molecular flexibility index (Phi) is 1.65. The molecular weight excluding hydrogens is 100 g/mol. The molecule has 0 fully saturated rings. The van der Waals surface area contributed by atoms with Crippen molar-refractivity contribution in [1.82, 2.24) is 0 Å². The van der Waals surface area contributed by atoms with E-state index in [0.29, 0.717) is 0 Å². The summed E-state index contributed by atoms with van der Waals surface area (Å²) in [6.07, 6.45) is 0. The highest BCUT2D eigenvalue weighted by molar-refractivity contribution is 5.11. The summed E-state index contributed by atoms with van der Waals surface area (Å²) in [7, 11) is 0. The van der Waals surface area contributed by atoms with E-state index in [0.717, 1.165) is 5.56 Å². The van der Waals surface area contributed by atoms with Crippen molar-refractivity contribution in [2.75, 3.05) is 0 Å². The van der Waals surface area contributed by atoms with Crippen LogP contribution in [0.4, 0.5) is 0 Å². The van der Waals surface area contributed by atoms with E-state index in [4.69, 9.17) is 0 Å². The first-order valence-corrected chi connectivity index (χ1v) is 2.46. The van der Waals surface area contributed by atoms with Gasteiger partial charge in [0.2, 0.25) is 0 Å². The van der Waals surface area contributed by atoms with Gasteiger partial charge in [-0.05, 0) is 11.6 Å². The topological polar surface area (TPSA) is 19.9 Å². The molecule has 0 bridgehead atoms. The zero-order chi connectivity index (χ0) is 5.82. The van der Waals surface area contributed by atoms with Gasteiger partial charge in [0.25, 0.3) is 0 Å². The van der Waals surface area contributed by atoms with Gasteiger partial charge in [-0.25, -0.2) is 5.11 Å². The highest BCUT2D eigenvalue weighted by atomic mass is 16.3. The molecule has 0 atom stereocenters. The predicted molar refractivity (Wildman–Crippen MR) is 29.7 cm³/mol. The highest BCUT2D eigenvalue weighted by Crippen LogP contribution is 1.95. The third kappa shape index (κ3) is 1.07. The van der Waals surface area contributed by atoms with Crippen molar-refractivity contribution in [1.29, 1.82) is 0 Å². The van der Waals surface area contributed by atoms with E-state index in [1.807, 2.05) is 0 Å². The number of benzene rings is 1. The molecule has 0 aliphatic heterocycles. The van der Waals surface area contributed by atoms with Crippen LogP contribution in [0.1, 0.15) is 5.56 Å². The van der Waals surface area contributed by atoms with Gasteiger partial charge in [0.1, 0.15) is 6.61 Å². The molecule has 0 amide bonds. The standard InChI is InChI=1S/C7H6O/c8-6-7-4-2-1-3-5-7/h2-5H,6H2. The van der Waals surface area contributed by atoms with Crippen LogP contribution >= 0.6 is 0 Å². The molecule has 0 aliphatic carbocycles. The third-order valence-electron chi connectivity index (χ3n) is 0.954. The fraction of sp³-hybridized carbons (Fsp3) is 0.143. The third-order valence-corrected chi connectivity index (χ3v) is 0.954. The van der Waals surface area contributed by atoms with Crippen LogP contribution in [-0.2, 0) is 11.7 Å². The van der Waals surface area contributed by atoms with E-state index < -0.39 is 0 Å². The minimum absolute atomic E-state index is 0.130. The van der Waals surface area contributed by atoms with Crippen molar-refractivity contribution < 1.29 is 5.11 Å². The summed E-state index contributed by atoms with van der Waals surface area (Å²) in [5.41, 5.74) is 0.823. The summed E-state index contributed by atoms with van der Waals surface area (Å²) in [5.74, 6) is 0. The van der Waals surface area contributed by atoms with Crippen LogP contribution in [0.3, 0.4) is 0 Å². The molecule has 40 valence electrons. The molecule has 1 nitrogen and oxygen atoms in total. The molecule has 0 spiro atoms. The Hall–Kier alpha value is -0.820. The van der Waals surface area contributed by atoms with Gasteiger partial charge >= 0.3 is 0 Å². The smallest absolute Gasteiger partial charge is 0.107 e. The Morgan fingerprint density at radius 3 is 2.38 bits per heavy atom. The Bertz CT molecular complexity index is 146. The maximum atomic E-state index is 10.1. The van der Waals surface area contributed by atoms with Crippen LogP contribution in [0.25, 0.3) is 0 Å². The molecule has 1 aromatic rings. The molecule has 1 aromatic carbocycles. The second-order valence-corrected chi connectivity index (χ2v) is 1.55. The zero-order valence-electron chi connectivity index (χ0n) is 4.42. The molecule has 0 aromatic heterocycles. The quantitative estimate of drug-likeness (QED) is 0.516. The van der Waals surface area contributed by atoms with E-state index in [9.17, 15) is 5.11 Å². The Morgan fingerprint density at radius 1 is 1.38 bits per heavy atom. The van der Waals surface area contributed by atoms with Crippen LogP contribution in [0.5, 0.6) is 0 Å². The molecule has 8 heavy (non-hydrogen) atoms. The van der Waals surface area contributed by atoms with Gasteiger partial charge < -0.3 is 0 Å². The fourth-order valence-corrected chi connectivity index (χ4v) is 0.518. The van der Waals surface area contributed by atoms with Crippen LogP contribution in [0.15, 0.2) is 24.3 Å². The first-order valence-electron chi connectivity index (χ1n) is 2.46. The lowest BCUT2D eigenvalue weighted by molar-refractivity contribution is 0.177. The minimum Gasteiger partial charge on any atom is -0.232 e. The lowest BCUT2D eigenvalue weighted by atomic mass is 10.2. The van der Waals surface area contributed by atoms with Gasteiger partial charge in [0.15, 0.2) is 0 Å². The highest BCUT2D eigenvalue weighted by Gasteiger charge is 1.83. The molecular formula is C7H6O. The van der Waals surface area contributed by atoms with Crippen LogP contribution in [0.2, 0.25) is 0 Å². The summed E-state index contributed by atoms with van der Waals surface area (Å²) < 4.78 is 0. The van der Waals surface area contributed by atoms with Gasteiger partial charge in [-0.1, -0.05) is 24.3 Å². The van der Waals surface area contributed by atoms with Gasteiger partial charge in [-0.15, -0.1) is 0 Å². The monoisotopic (exact) mass is 106 g/mol. The first kappa shape index (κ1) is 5.32. The molecule has 0 unspecified atom stereocenters. The van der Waals surface area contributed by atoms with Crippen LogP contribution in [-0.4, -0.2) is 0 Å². The zero-order valence-corrected chi connectivity index (χ0v) is 4.42. The molecule has 1 rings (SSSR count). The van der Waals surface area contributed by atoms with E-state index in [2.05, 4.69) is 6.07 Å². The Morgan fingerprint density at radius 2 is 2.00 bits per heavy atom. The minimum atomic E-state index is -0.130. The number of hydrogen-bond donors (Lipinski definition) is 0. The van der Waals surface area contributed by atoms with E-state index in [1.165, 1.54) is 0 Å². The van der Waals surface area contributed by atoms with Gasteiger partial charge in [0.05, 0.1) is 0 Å². The van der Waals surface area contributed by atoms with Crippen molar-refractivity contribution >= 4 is 0 Å². The molecule has 0 N–H and O–H groups in total. The van der Waals surface area contributed by atoms with Crippen molar-refractivity contribution in [3.63, 3.8) is 0 Å². The fourth-order valence-electron chi connectivity index (χ4n) is 0.518. The molecule has 1 heteroatoms. The molecule has 0 saturated heterocycles. The van der Waals surface area contributed by atoms with Crippen LogP contribution < -0.4 is 0 Å². The van der Waals surface area contributed by atoms with Crippen molar-refractivity contribution in [2.45, 2.75) is 6.61 Å². The molecule has 2 radical (unpaired) electrons. The second kappa shape index (κ2) is 2.48. The second-order valence-electron chi connectivity index (χ2n) is 1.55. The molecule has 0 heterocycles. The van der Waals surface area contributed by atoms with Crippen molar-refractivity contribution in [3.8, 4) is 0 Å². The lowest BCUT2D eigenvalue weighted by Gasteiger charge is -1.86. The Labute approximate surface area is 48.6 Å². The van der Waals surface area contributed by atoms with E-state index in [1.54, 1.807) is 24.3 Å². The number of rotatable bonds is 1. The SMILES string of the molecule is [O]Cc1cc[c]cc1. The average Bonchev–Trinajstić information content (AvgIpc) is 1.90. The van der Waals surface area contributed by atoms with Gasteiger partial charge in [-0.2, -0.15) is 0 Å². The van der Waals surface area contributed by atoms with Crippen molar-refractivity contribution in [2.24, 2.45) is 0 Å². The van der Waals surface area contributed by atoms with Crippen LogP contribution in [0, 0.1) is 6.07 Å². The largest absolute Gasteiger partial charge is 0.232 e. The summed E-state index contributed by atoms with van der Waals surface area (Å²) in [6.45, 7) is -0.130. The maximum absolute atomic E-state index is 10.1. The first-order chi connectivity index (χ1) is 3.93. The Balaban J connectivity index is 2.83. The molecule has 0 saturated carbocycles. The summed E-state index contributed by atoms with van der Waals surface area (Å²) >= 11 is 0. The van der Waals surface area contributed by atoms with Gasteiger partial charge in [0, 0.05) is 0 Å². The van der Waals surface area contributed by atoms with Crippen molar-refractivity contribution in [3.05, 3.63) is 35.9 Å². The van der Waals surface area contributed by atoms with E-state index >= 15 is 0 Å². The van der Waals surface area contributed by atoms with Gasteiger partial charge in [-0.3, -0.25) is 0 Å². The molecule has 0 aliphatic rings. The maximum Gasteiger partial charge on any atom is 0.107 e. The summed E-state index contributed by atoms with van der Waals surface area (Å²) in [4.78, 5) is 0. The normalized spacial score (nSPS) is 9.12. The number of hydrogen-bond acceptors (Lipinski definition) is 0. The summed E-state index contributed by atoms with van der Waals surface area (Å²) in [5, 5.41) is 10.1.